The molecule has 3 N–H and O–H groups in total. The predicted molar refractivity (Wildman–Crippen MR) is 123 cm³/mol. The lowest BCUT2D eigenvalue weighted by atomic mass is 10.3. The molecule has 0 spiro atoms. The van der Waals surface area contributed by atoms with Crippen molar-refractivity contribution in [2.24, 2.45) is 0 Å². The summed E-state index contributed by atoms with van der Waals surface area (Å²) in [5, 5.41) is 8.56. The molecule has 170 valence electrons. The van der Waals surface area contributed by atoms with Crippen LogP contribution >= 0.6 is 11.6 Å². The van der Waals surface area contributed by atoms with Crippen LogP contribution < -0.4 is 20.7 Å². The molecular weight excluding hydrogens is 434 g/mol. The van der Waals surface area contributed by atoms with Gasteiger partial charge in [-0.2, -0.15) is 0 Å². The van der Waals surface area contributed by atoms with Crippen molar-refractivity contribution in [3.8, 4) is 5.75 Å². The van der Waals surface area contributed by atoms with E-state index < -0.39 is 11.8 Å². The number of carbonyl (C=O) groups is 3. The van der Waals surface area contributed by atoms with Crippen molar-refractivity contribution in [2.75, 3.05) is 57.0 Å². The molecule has 0 radical (unpaired) electrons. The van der Waals surface area contributed by atoms with Gasteiger partial charge in [0.2, 0.25) is 0 Å². The van der Waals surface area contributed by atoms with Gasteiger partial charge in [-0.25, -0.2) is 4.79 Å². The van der Waals surface area contributed by atoms with Crippen LogP contribution in [0.3, 0.4) is 0 Å². The van der Waals surface area contributed by atoms with Crippen molar-refractivity contribution >= 4 is 40.8 Å². The van der Waals surface area contributed by atoms with E-state index in [-0.39, 0.29) is 6.03 Å². The van der Waals surface area contributed by atoms with Gasteiger partial charge in [0, 0.05) is 55.7 Å². The molecule has 1 heterocycles. The van der Waals surface area contributed by atoms with Gasteiger partial charge in [0.25, 0.3) is 0 Å². The second-order valence-corrected chi connectivity index (χ2v) is 7.64. The summed E-state index contributed by atoms with van der Waals surface area (Å²) in [6.45, 7) is 3.45. The van der Waals surface area contributed by atoms with E-state index in [0.29, 0.717) is 55.7 Å². The average Bonchev–Trinajstić information content (AvgIpc) is 2.81. The monoisotopic (exact) mass is 459 g/mol. The maximum absolute atomic E-state index is 12.4. The zero-order chi connectivity index (χ0) is 22.9. The Labute approximate surface area is 191 Å². The van der Waals surface area contributed by atoms with Crippen LogP contribution in [0.4, 0.5) is 16.2 Å². The highest BCUT2D eigenvalue weighted by atomic mass is 35.5. The standard InChI is InChI=1S/C22H26ClN5O4/c1-32-19-8-6-18(7-9-19)26-22(31)28-14-12-27(13-15-28)11-10-24-20(29)21(30)25-17-4-2-16(23)3-5-17/h2-9H,10-15H2,1H3,(H,24,29)(H,25,30)(H,26,31). The second kappa shape index (κ2) is 11.4. The Hall–Kier alpha value is -3.30. The van der Waals surface area contributed by atoms with Crippen molar-refractivity contribution in [2.45, 2.75) is 0 Å². The van der Waals surface area contributed by atoms with Gasteiger partial charge in [-0.05, 0) is 48.5 Å². The molecule has 0 bridgehead atoms. The lowest BCUT2D eigenvalue weighted by molar-refractivity contribution is -0.136. The molecule has 1 aliphatic rings. The first-order valence-corrected chi connectivity index (χ1v) is 10.6. The normalized spacial score (nSPS) is 13.9. The summed E-state index contributed by atoms with van der Waals surface area (Å²) in [5.74, 6) is -0.698. The van der Waals surface area contributed by atoms with Crippen LogP contribution in [0.5, 0.6) is 5.75 Å². The van der Waals surface area contributed by atoms with Crippen molar-refractivity contribution in [3.63, 3.8) is 0 Å². The topological polar surface area (TPSA) is 103 Å². The molecule has 1 aliphatic heterocycles. The van der Waals surface area contributed by atoms with Gasteiger partial charge in [0.1, 0.15) is 5.75 Å². The predicted octanol–water partition coefficient (Wildman–Crippen LogP) is 2.25. The Morgan fingerprint density at radius 2 is 1.47 bits per heavy atom. The molecule has 1 fully saturated rings. The molecule has 1 saturated heterocycles. The third-order valence-corrected chi connectivity index (χ3v) is 5.27. The van der Waals surface area contributed by atoms with Gasteiger partial charge < -0.3 is 25.6 Å². The molecule has 4 amide bonds. The van der Waals surface area contributed by atoms with Crippen molar-refractivity contribution in [1.29, 1.82) is 0 Å². The number of rotatable bonds is 6. The van der Waals surface area contributed by atoms with Crippen LogP contribution in [-0.2, 0) is 9.59 Å². The fourth-order valence-electron chi connectivity index (χ4n) is 3.18. The number of hydrogen-bond donors (Lipinski definition) is 3. The summed E-state index contributed by atoms with van der Waals surface area (Å²) in [6.07, 6.45) is 0. The van der Waals surface area contributed by atoms with E-state index in [2.05, 4.69) is 20.9 Å². The van der Waals surface area contributed by atoms with E-state index in [1.807, 2.05) is 0 Å². The third kappa shape index (κ3) is 6.86. The van der Waals surface area contributed by atoms with Crippen molar-refractivity contribution < 1.29 is 19.1 Å². The van der Waals surface area contributed by atoms with Crippen molar-refractivity contribution in [1.82, 2.24) is 15.1 Å². The van der Waals surface area contributed by atoms with E-state index in [0.717, 1.165) is 5.75 Å². The number of anilines is 2. The van der Waals surface area contributed by atoms with Gasteiger partial charge in [0.15, 0.2) is 0 Å². The molecule has 0 aliphatic carbocycles. The molecule has 9 nitrogen and oxygen atoms in total. The van der Waals surface area contributed by atoms with Gasteiger partial charge in [-0.15, -0.1) is 0 Å². The van der Waals surface area contributed by atoms with Gasteiger partial charge >= 0.3 is 17.8 Å². The summed E-state index contributed by atoms with van der Waals surface area (Å²) in [6, 6.07) is 13.5. The first kappa shape index (κ1) is 23.4. The van der Waals surface area contributed by atoms with Crippen LogP contribution in [0.2, 0.25) is 5.02 Å². The zero-order valence-corrected chi connectivity index (χ0v) is 18.5. The van der Waals surface area contributed by atoms with E-state index in [1.165, 1.54) is 0 Å². The second-order valence-electron chi connectivity index (χ2n) is 7.20. The van der Waals surface area contributed by atoms with E-state index in [4.69, 9.17) is 16.3 Å². The smallest absolute Gasteiger partial charge is 0.321 e. The largest absolute Gasteiger partial charge is 0.497 e. The zero-order valence-electron chi connectivity index (χ0n) is 17.8. The molecule has 0 atom stereocenters. The number of ether oxygens (including phenoxy) is 1. The number of hydrogen-bond acceptors (Lipinski definition) is 5. The fraction of sp³-hybridized carbons (Fsp3) is 0.318. The number of piperazine rings is 1. The number of methoxy groups -OCH3 is 1. The fourth-order valence-corrected chi connectivity index (χ4v) is 3.31. The molecule has 2 aromatic carbocycles. The average molecular weight is 460 g/mol. The van der Waals surface area contributed by atoms with Crippen LogP contribution in [0, 0.1) is 0 Å². The Kier molecular flexibility index (Phi) is 8.29. The van der Waals surface area contributed by atoms with E-state index in [9.17, 15) is 14.4 Å². The molecule has 10 heteroatoms. The van der Waals surface area contributed by atoms with Crippen molar-refractivity contribution in [3.05, 3.63) is 53.6 Å². The van der Waals surface area contributed by atoms with E-state index >= 15 is 0 Å². The number of benzene rings is 2. The van der Waals surface area contributed by atoms with Gasteiger partial charge in [0.05, 0.1) is 7.11 Å². The number of urea groups is 1. The minimum atomic E-state index is -0.729. The Balaban J connectivity index is 1.33. The molecule has 2 aromatic rings. The molecular formula is C22H26ClN5O4. The van der Waals surface area contributed by atoms with Crippen LogP contribution in [0.15, 0.2) is 48.5 Å². The first-order valence-electron chi connectivity index (χ1n) is 10.2. The highest BCUT2D eigenvalue weighted by molar-refractivity contribution is 6.39. The quantitative estimate of drug-likeness (QED) is 0.575. The molecule has 3 rings (SSSR count). The summed E-state index contributed by atoms with van der Waals surface area (Å²) in [7, 11) is 1.59. The number of nitrogens with one attached hydrogen (secondary N) is 3. The lowest BCUT2D eigenvalue weighted by Crippen LogP contribution is -2.51. The van der Waals surface area contributed by atoms with E-state index in [1.54, 1.807) is 60.5 Å². The van der Waals surface area contributed by atoms with Gasteiger partial charge in [-0.1, -0.05) is 11.6 Å². The maximum atomic E-state index is 12.4. The number of carbonyl (C=O) groups excluding carboxylic acids is 3. The number of amides is 4. The Morgan fingerprint density at radius 1 is 0.875 bits per heavy atom. The highest BCUT2D eigenvalue weighted by Crippen LogP contribution is 2.16. The first-order chi connectivity index (χ1) is 15.4. The summed E-state index contributed by atoms with van der Waals surface area (Å²) in [4.78, 5) is 40.2. The van der Waals surface area contributed by atoms with Crippen LogP contribution in [0.1, 0.15) is 0 Å². The molecule has 32 heavy (non-hydrogen) atoms. The molecule has 0 aromatic heterocycles. The summed E-state index contributed by atoms with van der Waals surface area (Å²) in [5.41, 5.74) is 1.21. The van der Waals surface area contributed by atoms with Crippen LogP contribution in [0.25, 0.3) is 0 Å². The lowest BCUT2D eigenvalue weighted by Gasteiger charge is -2.34. The highest BCUT2D eigenvalue weighted by Gasteiger charge is 2.21. The maximum Gasteiger partial charge on any atom is 0.321 e. The number of nitrogens with zero attached hydrogens (tertiary/aromatic N) is 2. The minimum absolute atomic E-state index is 0.151. The summed E-state index contributed by atoms with van der Waals surface area (Å²) < 4.78 is 5.11. The Morgan fingerprint density at radius 3 is 2.09 bits per heavy atom. The molecule has 0 unspecified atom stereocenters. The van der Waals surface area contributed by atoms with Crippen LogP contribution in [-0.4, -0.2) is 74.0 Å². The summed E-state index contributed by atoms with van der Waals surface area (Å²) >= 11 is 5.80. The Bertz CT molecular complexity index is 928. The number of halogens is 1. The third-order valence-electron chi connectivity index (χ3n) is 5.02. The molecule has 0 saturated carbocycles. The minimum Gasteiger partial charge on any atom is -0.497 e. The SMILES string of the molecule is COc1ccc(NC(=O)N2CCN(CCNC(=O)C(=O)Nc3ccc(Cl)cc3)CC2)cc1. The van der Waals surface area contributed by atoms with Gasteiger partial charge in [-0.3, -0.25) is 14.5 Å².